The molecule has 0 aliphatic carbocycles. The molecular formula is C7H15F3O4Si. The van der Waals surface area contributed by atoms with Crippen LogP contribution < -0.4 is 0 Å². The van der Waals surface area contributed by atoms with E-state index in [0.29, 0.717) is 0 Å². The highest BCUT2D eigenvalue weighted by Gasteiger charge is 2.54. The minimum atomic E-state index is -4.83. The summed E-state index contributed by atoms with van der Waals surface area (Å²) in [4.78, 5) is 0. The fourth-order valence-corrected chi connectivity index (χ4v) is 2.66. The van der Waals surface area contributed by atoms with E-state index in [9.17, 15) is 13.2 Å². The van der Waals surface area contributed by atoms with Gasteiger partial charge in [-0.25, -0.2) is 0 Å². The Balaban J connectivity index is 4.60. The molecule has 0 radical (unpaired) electrons. The Kier molecular flexibility index (Phi) is 6.37. The van der Waals surface area contributed by atoms with Gasteiger partial charge in [-0.05, 0) is 20.8 Å². The maximum atomic E-state index is 12.1. The molecule has 4 nitrogen and oxygen atoms in total. The quantitative estimate of drug-likeness (QED) is 0.646. The van der Waals surface area contributed by atoms with Crippen molar-refractivity contribution < 1.29 is 30.9 Å². The fourth-order valence-electron chi connectivity index (χ4n) is 0.885. The fraction of sp³-hybridized carbons (Fsp3) is 1.00. The third-order valence-electron chi connectivity index (χ3n) is 1.20. The minimum Gasteiger partial charge on any atom is -0.351 e. The predicted molar refractivity (Wildman–Crippen MR) is 47.8 cm³/mol. The Bertz CT molecular complexity index is 159. The molecule has 0 aliphatic heterocycles. The van der Waals surface area contributed by atoms with Crippen molar-refractivity contribution in [3.63, 3.8) is 0 Å². The van der Waals surface area contributed by atoms with Crippen molar-refractivity contribution in [2.24, 2.45) is 0 Å². The molecule has 0 aliphatic rings. The zero-order valence-electron chi connectivity index (χ0n) is 8.89. The molecule has 0 unspecified atom stereocenters. The Morgan fingerprint density at radius 2 is 1.20 bits per heavy atom. The van der Waals surface area contributed by atoms with Crippen molar-refractivity contribution in [2.45, 2.75) is 27.1 Å². The number of hydrogen-bond acceptors (Lipinski definition) is 4. The zero-order chi connectivity index (χ0) is 11.9. The zero-order valence-corrected chi connectivity index (χ0v) is 9.89. The van der Waals surface area contributed by atoms with Gasteiger partial charge in [-0.15, -0.1) is 13.2 Å². The third-order valence-corrected chi connectivity index (χ3v) is 3.61. The van der Waals surface area contributed by atoms with Gasteiger partial charge >= 0.3 is 15.4 Å². The second-order valence-electron chi connectivity index (χ2n) is 2.35. The van der Waals surface area contributed by atoms with Gasteiger partial charge in [-0.3, -0.25) is 4.43 Å². The number of halogens is 3. The van der Waals surface area contributed by atoms with Gasteiger partial charge in [0.2, 0.25) is 0 Å². The maximum absolute atomic E-state index is 12.1. The van der Waals surface area contributed by atoms with Crippen LogP contribution in [0.5, 0.6) is 0 Å². The molecule has 0 atom stereocenters. The van der Waals surface area contributed by atoms with Gasteiger partial charge < -0.3 is 13.3 Å². The molecular weight excluding hydrogens is 233 g/mol. The monoisotopic (exact) mass is 248 g/mol. The van der Waals surface area contributed by atoms with Gasteiger partial charge in [-0.2, -0.15) is 0 Å². The van der Waals surface area contributed by atoms with E-state index in [-0.39, 0.29) is 19.8 Å². The summed E-state index contributed by atoms with van der Waals surface area (Å²) in [5.41, 5.74) is 0. The van der Waals surface area contributed by atoms with E-state index in [1.165, 1.54) is 0 Å². The molecule has 0 aromatic heterocycles. The first-order chi connectivity index (χ1) is 6.89. The van der Waals surface area contributed by atoms with E-state index < -0.39 is 15.4 Å². The molecule has 0 N–H and O–H groups in total. The van der Waals surface area contributed by atoms with E-state index in [2.05, 4.69) is 4.43 Å². The lowest BCUT2D eigenvalue weighted by Gasteiger charge is -2.27. The van der Waals surface area contributed by atoms with Crippen LogP contribution in [0.2, 0.25) is 0 Å². The van der Waals surface area contributed by atoms with Gasteiger partial charge in [-0.1, -0.05) is 0 Å². The van der Waals surface area contributed by atoms with Crippen LogP contribution in [0.15, 0.2) is 0 Å². The number of alkyl halides is 3. The molecule has 0 aromatic rings. The summed E-state index contributed by atoms with van der Waals surface area (Å²) in [5.74, 6) is 0. The van der Waals surface area contributed by atoms with E-state index in [0.717, 1.165) is 0 Å². The van der Waals surface area contributed by atoms with E-state index >= 15 is 0 Å². The molecule has 92 valence electrons. The summed E-state index contributed by atoms with van der Waals surface area (Å²) in [6, 6.07) is 0. The molecule has 0 bridgehead atoms. The SMILES string of the molecule is CCO[Si](OCC)(OCC)OC(F)(F)F. The normalized spacial score (nSPS) is 13.2. The lowest BCUT2D eigenvalue weighted by molar-refractivity contribution is -0.308. The molecule has 0 saturated carbocycles. The molecule has 0 spiro atoms. The summed E-state index contributed by atoms with van der Waals surface area (Å²) >= 11 is 0. The molecule has 0 amide bonds. The van der Waals surface area contributed by atoms with Crippen molar-refractivity contribution in [2.75, 3.05) is 19.8 Å². The minimum absolute atomic E-state index is 0.0301. The molecule has 8 heteroatoms. The third kappa shape index (κ3) is 6.10. The van der Waals surface area contributed by atoms with Gasteiger partial charge in [0.05, 0.1) is 0 Å². The van der Waals surface area contributed by atoms with Crippen LogP contribution in [0.1, 0.15) is 20.8 Å². The van der Waals surface area contributed by atoms with Crippen molar-refractivity contribution in [1.29, 1.82) is 0 Å². The standard InChI is InChI=1S/C7H15F3O4Si/c1-4-11-15(12-5-2,13-6-3)14-7(8,9)10/h4-6H2,1-3H3. The van der Waals surface area contributed by atoms with Crippen molar-refractivity contribution >= 4 is 9.05 Å². The predicted octanol–water partition coefficient (Wildman–Crippen LogP) is 2.07. The van der Waals surface area contributed by atoms with E-state index in [4.69, 9.17) is 13.3 Å². The molecule has 0 aromatic carbocycles. The first kappa shape index (κ1) is 14.8. The first-order valence-electron chi connectivity index (χ1n) is 4.57. The topological polar surface area (TPSA) is 36.9 Å². The lowest BCUT2D eigenvalue weighted by atomic mass is 10.9. The largest absolute Gasteiger partial charge is 0.686 e. The Morgan fingerprint density at radius 3 is 1.40 bits per heavy atom. The summed E-state index contributed by atoms with van der Waals surface area (Å²) in [6.45, 7) is 4.71. The highest BCUT2D eigenvalue weighted by Crippen LogP contribution is 2.25. The van der Waals surface area contributed by atoms with Gasteiger partial charge in [0.1, 0.15) is 0 Å². The van der Waals surface area contributed by atoms with Crippen LogP contribution in [0, 0.1) is 0 Å². The highest BCUT2D eigenvalue weighted by atomic mass is 28.4. The average molecular weight is 248 g/mol. The van der Waals surface area contributed by atoms with E-state index in [1.54, 1.807) is 20.8 Å². The summed E-state index contributed by atoms with van der Waals surface area (Å²) < 4.78 is 54.6. The maximum Gasteiger partial charge on any atom is 0.686 e. The first-order valence-corrected chi connectivity index (χ1v) is 6.21. The number of hydrogen-bond donors (Lipinski definition) is 0. The summed E-state index contributed by atoms with van der Waals surface area (Å²) in [6.07, 6.45) is -4.83. The second-order valence-corrected chi connectivity index (χ2v) is 4.42. The summed E-state index contributed by atoms with van der Waals surface area (Å²) in [5, 5.41) is 0. The second kappa shape index (κ2) is 6.43. The smallest absolute Gasteiger partial charge is 0.351 e. The van der Waals surface area contributed by atoms with Gasteiger partial charge in [0.15, 0.2) is 0 Å². The molecule has 0 rings (SSSR count). The molecule has 0 fully saturated rings. The van der Waals surface area contributed by atoms with Crippen LogP contribution in [0.3, 0.4) is 0 Å². The molecule has 0 heterocycles. The molecule has 0 saturated heterocycles. The van der Waals surface area contributed by atoms with Crippen LogP contribution in [-0.4, -0.2) is 35.2 Å². The average Bonchev–Trinajstić information content (AvgIpc) is 2.01. The van der Waals surface area contributed by atoms with Crippen LogP contribution in [0.25, 0.3) is 0 Å². The Hall–Kier alpha value is -0.153. The van der Waals surface area contributed by atoms with Crippen LogP contribution >= 0.6 is 0 Å². The summed E-state index contributed by atoms with van der Waals surface area (Å²) in [7, 11) is -4.06. The van der Waals surface area contributed by atoms with Crippen molar-refractivity contribution in [1.82, 2.24) is 0 Å². The van der Waals surface area contributed by atoms with Crippen LogP contribution in [0.4, 0.5) is 13.2 Å². The lowest BCUT2D eigenvalue weighted by Crippen LogP contribution is -2.52. The molecule has 15 heavy (non-hydrogen) atoms. The highest BCUT2D eigenvalue weighted by molar-refractivity contribution is 6.53. The van der Waals surface area contributed by atoms with Crippen LogP contribution in [-0.2, 0) is 17.7 Å². The van der Waals surface area contributed by atoms with Gasteiger partial charge in [0, 0.05) is 19.8 Å². The van der Waals surface area contributed by atoms with Gasteiger partial charge in [0.25, 0.3) is 0 Å². The Labute approximate surface area is 87.8 Å². The number of rotatable bonds is 7. The van der Waals surface area contributed by atoms with Crippen molar-refractivity contribution in [3.8, 4) is 0 Å². The van der Waals surface area contributed by atoms with Crippen molar-refractivity contribution in [3.05, 3.63) is 0 Å². The Morgan fingerprint density at radius 1 is 0.867 bits per heavy atom. The van der Waals surface area contributed by atoms with E-state index in [1.807, 2.05) is 0 Å².